The molecule has 0 radical (unpaired) electrons. The van der Waals surface area contributed by atoms with E-state index < -0.39 is 0 Å². The Labute approximate surface area is 248 Å². The molecule has 6 N–H and O–H groups in total. The lowest BCUT2D eigenvalue weighted by atomic mass is 9.43. The molecule has 0 aromatic heterocycles. The largest absolute Gasteiger partial charge is 0.393 e. The highest BCUT2D eigenvalue weighted by molar-refractivity contribution is 5.12. The Kier molecular flexibility index (Phi) is 12.3. The van der Waals surface area contributed by atoms with Crippen LogP contribution in [0.25, 0.3) is 0 Å². The van der Waals surface area contributed by atoms with Crippen molar-refractivity contribution in [3.63, 3.8) is 0 Å². The van der Waals surface area contributed by atoms with E-state index in [0.717, 1.165) is 81.7 Å². The second kappa shape index (κ2) is 15.0. The standard InChI is InChI=1S/C35H68N4O/c1-25(2)9-6-10-26(3)29-11-12-30-33-31(14-16-35(29,30)5)34(4)15-13-28(23-27(34)24-32(33)40)39-20-8-19-38-22-21-37-18-7-17-36/h25-33,37-40H,6-24,36H2,1-5H3/t26-,27-,28-,29-,30?,31?,32?,33?,34+,35-/m1/s1. The van der Waals surface area contributed by atoms with E-state index in [1.165, 1.54) is 70.6 Å². The van der Waals surface area contributed by atoms with Crippen molar-refractivity contribution in [2.75, 3.05) is 39.3 Å². The van der Waals surface area contributed by atoms with Crippen LogP contribution >= 0.6 is 0 Å². The zero-order valence-corrected chi connectivity index (χ0v) is 27.2. The number of nitrogens with one attached hydrogen (secondary N) is 3. The summed E-state index contributed by atoms with van der Waals surface area (Å²) in [6.07, 6.45) is 16.9. The summed E-state index contributed by atoms with van der Waals surface area (Å²) in [7, 11) is 0. The quantitative estimate of drug-likeness (QED) is 0.151. The smallest absolute Gasteiger partial charge is 0.0577 e. The van der Waals surface area contributed by atoms with Crippen LogP contribution in [0.15, 0.2) is 0 Å². The Hall–Kier alpha value is -0.200. The molecule has 5 heteroatoms. The molecule has 10 atom stereocenters. The minimum atomic E-state index is -0.0795. The van der Waals surface area contributed by atoms with Gasteiger partial charge in [0.2, 0.25) is 0 Å². The number of nitrogens with two attached hydrogens (primary N) is 1. The average Bonchev–Trinajstić information content (AvgIpc) is 3.27. The topological polar surface area (TPSA) is 82.3 Å². The van der Waals surface area contributed by atoms with Crippen molar-refractivity contribution in [1.29, 1.82) is 0 Å². The summed E-state index contributed by atoms with van der Waals surface area (Å²) in [5, 5.41) is 22.7. The molecule has 0 saturated heterocycles. The SMILES string of the molecule is CC(C)CCC[C@@H](C)[C@H]1CCC2C3C(O)C[C@H]4C[C@H](NCCCNCCNCCCN)CC[C@]4(C)C3CC[C@@]21C. The number of rotatable bonds is 16. The third-order valence-electron chi connectivity index (χ3n) is 12.9. The van der Waals surface area contributed by atoms with Gasteiger partial charge in [-0.2, -0.15) is 0 Å². The van der Waals surface area contributed by atoms with Crippen LogP contribution in [0.4, 0.5) is 0 Å². The van der Waals surface area contributed by atoms with Crippen LogP contribution in [0, 0.1) is 52.3 Å². The molecular weight excluding hydrogens is 492 g/mol. The van der Waals surface area contributed by atoms with Crippen LogP contribution in [0.2, 0.25) is 0 Å². The average molecular weight is 561 g/mol. The number of aliphatic hydroxyl groups excluding tert-OH is 1. The first-order valence-corrected chi connectivity index (χ1v) is 17.7. The van der Waals surface area contributed by atoms with Gasteiger partial charge in [-0.3, -0.25) is 0 Å². The number of fused-ring (bicyclic) bond motifs is 5. The van der Waals surface area contributed by atoms with Crippen molar-refractivity contribution < 1.29 is 5.11 Å². The third-order valence-corrected chi connectivity index (χ3v) is 12.9. The molecule has 0 aromatic carbocycles. The predicted molar refractivity (Wildman–Crippen MR) is 170 cm³/mol. The van der Waals surface area contributed by atoms with Gasteiger partial charge in [0.05, 0.1) is 6.10 Å². The Morgan fingerprint density at radius 3 is 2.20 bits per heavy atom. The normalized spacial score (nSPS) is 40.0. The maximum absolute atomic E-state index is 11.8. The molecule has 0 heterocycles. The van der Waals surface area contributed by atoms with Crippen LogP contribution in [0.5, 0.6) is 0 Å². The van der Waals surface area contributed by atoms with Gasteiger partial charge in [-0.05, 0) is 143 Å². The van der Waals surface area contributed by atoms with Gasteiger partial charge in [-0.25, -0.2) is 0 Å². The summed E-state index contributed by atoms with van der Waals surface area (Å²) in [4.78, 5) is 0. The van der Waals surface area contributed by atoms with Crippen molar-refractivity contribution in [1.82, 2.24) is 16.0 Å². The van der Waals surface area contributed by atoms with Crippen LogP contribution in [0.1, 0.15) is 118 Å². The second-order valence-electron chi connectivity index (χ2n) is 15.7. The Balaban J connectivity index is 1.24. The lowest BCUT2D eigenvalue weighted by Crippen LogP contribution is -2.59. The number of aliphatic hydroxyl groups is 1. The Bertz CT molecular complexity index is 747. The van der Waals surface area contributed by atoms with Gasteiger partial charge in [0.1, 0.15) is 0 Å². The lowest BCUT2D eigenvalue weighted by molar-refractivity contribution is -0.167. The van der Waals surface area contributed by atoms with Gasteiger partial charge < -0.3 is 26.8 Å². The first-order valence-electron chi connectivity index (χ1n) is 17.7. The van der Waals surface area contributed by atoms with Crippen LogP contribution in [-0.2, 0) is 0 Å². The molecular formula is C35H68N4O. The van der Waals surface area contributed by atoms with E-state index in [4.69, 9.17) is 5.73 Å². The lowest BCUT2D eigenvalue weighted by Gasteiger charge is -2.62. The molecule has 234 valence electrons. The molecule has 0 amide bonds. The first-order chi connectivity index (χ1) is 19.2. The molecule has 4 saturated carbocycles. The highest BCUT2D eigenvalue weighted by Gasteiger charge is 2.62. The van der Waals surface area contributed by atoms with Gasteiger partial charge in [0.15, 0.2) is 0 Å². The van der Waals surface area contributed by atoms with E-state index in [9.17, 15) is 5.11 Å². The van der Waals surface area contributed by atoms with Crippen molar-refractivity contribution in [2.24, 2.45) is 58.0 Å². The van der Waals surface area contributed by atoms with E-state index in [1.54, 1.807) is 0 Å². The van der Waals surface area contributed by atoms with Crippen molar-refractivity contribution in [2.45, 2.75) is 130 Å². The summed E-state index contributed by atoms with van der Waals surface area (Å²) >= 11 is 0. The van der Waals surface area contributed by atoms with E-state index in [0.29, 0.717) is 28.7 Å². The van der Waals surface area contributed by atoms with Crippen LogP contribution < -0.4 is 21.7 Å². The molecule has 4 aliphatic carbocycles. The molecule has 0 aliphatic heterocycles. The fourth-order valence-corrected chi connectivity index (χ4v) is 10.6. The highest BCUT2D eigenvalue weighted by Crippen LogP contribution is 2.68. The summed E-state index contributed by atoms with van der Waals surface area (Å²) < 4.78 is 0. The molecule has 0 aromatic rings. The van der Waals surface area contributed by atoms with E-state index in [-0.39, 0.29) is 6.10 Å². The van der Waals surface area contributed by atoms with Gasteiger partial charge in [0.25, 0.3) is 0 Å². The Morgan fingerprint density at radius 1 is 0.775 bits per heavy atom. The third kappa shape index (κ3) is 7.47. The molecule has 4 fully saturated rings. The van der Waals surface area contributed by atoms with E-state index in [1.807, 2.05) is 0 Å². The maximum atomic E-state index is 11.8. The Morgan fingerprint density at radius 2 is 1.48 bits per heavy atom. The van der Waals surface area contributed by atoms with E-state index in [2.05, 4.69) is 50.6 Å². The molecule has 5 nitrogen and oxygen atoms in total. The number of hydrogen-bond donors (Lipinski definition) is 5. The van der Waals surface area contributed by atoms with Crippen molar-refractivity contribution >= 4 is 0 Å². The molecule has 0 bridgehead atoms. The fourth-order valence-electron chi connectivity index (χ4n) is 10.6. The van der Waals surface area contributed by atoms with Crippen molar-refractivity contribution in [3.8, 4) is 0 Å². The molecule has 4 rings (SSSR count). The van der Waals surface area contributed by atoms with Gasteiger partial charge in [0, 0.05) is 19.1 Å². The predicted octanol–water partition coefficient (Wildman–Crippen LogP) is 5.95. The van der Waals surface area contributed by atoms with Gasteiger partial charge >= 0.3 is 0 Å². The molecule has 0 spiro atoms. The molecule has 4 aliphatic rings. The van der Waals surface area contributed by atoms with Crippen molar-refractivity contribution in [3.05, 3.63) is 0 Å². The first kappa shape index (κ1) is 32.7. The van der Waals surface area contributed by atoms with Crippen LogP contribution in [0.3, 0.4) is 0 Å². The number of hydrogen-bond acceptors (Lipinski definition) is 5. The van der Waals surface area contributed by atoms with Gasteiger partial charge in [-0.1, -0.05) is 53.9 Å². The summed E-state index contributed by atoms with van der Waals surface area (Å²) in [6, 6.07) is 0.635. The molecule has 4 unspecified atom stereocenters. The van der Waals surface area contributed by atoms with Gasteiger partial charge in [-0.15, -0.1) is 0 Å². The molecule has 40 heavy (non-hydrogen) atoms. The summed E-state index contributed by atoms with van der Waals surface area (Å²) in [6.45, 7) is 18.6. The zero-order valence-electron chi connectivity index (χ0n) is 27.2. The monoisotopic (exact) mass is 561 g/mol. The maximum Gasteiger partial charge on any atom is 0.0577 e. The summed E-state index contributed by atoms with van der Waals surface area (Å²) in [5.41, 5.74) is 6.43. The van der Waals surface area contributed by atoms with Crippen LogP contribution in [-0.4, -0.2) is 56.5 Å². The second-order valence-corrected chi connectivity index (χ2v) is 15.7. The zero-order chi connectivity index (χ0) is 28.8. The summed E-state index contributed by atoms with van der Waals surface area (Å²) in [5.74, 6) is 5.24. The fraction of sp³-hybridized carbons (Fsp3) is 1.00. The minimum Gasteiger partial charge on any atom is -0.393 e. The highest BCUT2D eigenvalue weighted by atomic mass is 16.3. The van der Waals surface area contributed by atoms with E-state index >= 15 is 0 Å². The minimum absolute atomic E-state index is 0.0795.